The SMILES string of the molecule is CCCCOc1c2c3c4c(c1[N+]1(CCCO4)CCOCC1)OCCC[N+]1(CCOCC1)c1cccc(c1-2)C3=O. The van der Waals surface area contributed by atoms with Crippen LogP contribution in [0.4, 0.5) is 11.4 Å². The number of ketones is 1. The molecule has 2 saturated heterocycles. The van der Waals surface area contributed by atoms with Crippen LogP contribution in [0.3, 0.4) is 0 Å². The van der Waals surface area contributed by atoms with Crippen molar-refractivity contribution in [3.63, 3.8) is 0 Å². The van der Waals surface area contributed by atoms with E-state index in [1.54, 1.807) is 0 Å². The molecule has 2 spiro atoms. The standard InChI is InChI=1S/C31H40N2O6/c1-2-3-15-37-29-25-24-22-7-4-8-23(24)32(11-18-35-19-12-32)9-5-17-39-31-27(29)33(13-20-36-21-14-33)10-6-16-38-30(31)26(25)28(22)34/h4,7-8H,2-3,5-6,9-21H2,1H3/q+2. The van der Waals surface area contributed by atoms with Crippen molar-refractivity contribution in [3.05, 3.63) is 29.3 Å². The summed E-state index contributed by atoms with van der Waals surface area (Å²) in [6.07, 6.45) is 3.79. The van der Waals surface area contributed by atoms with E-state index >= 15 is 0 Å². The molecule has 0 amide bonds. The topological polar surface area (TPSA) is 63.2 Å². The summed E-state index contributed by atoms with van der Waals surface area (Å²) >= 11 is 0. The zero-order valence-corrected chi connectivity index (χ0v) is 23.1. The number of carbonyl (C=O) groups is 1. The number of nitrogens with zero attached hydrogens (tertiary/aromatic N) is 2. The maximum atomic E-state index is 14.3. The van der Waals surface area contributed by atoms with Crippen molar-refractivity contribution in [1.82, 2.24) is 8.97 Å². The van der Waals surface area contributed by atoms with Crippen LogP contribution >= 0.6 is 0 Å². The molecule has 4 aliphatic heterocycles. The van der Waals surface area contributed by atoms with Gasteiger partial charge in [-0.15, -0.1) is 0 Å². The normalized spacial score (nSPS) is 22.5. The molecule has 0 N–H and O–H groups in total. The monoisotopic (exact) mass is 536 g/mol. The van der Waals surface area contributed by atoms with Crippen molar-refractivity contribution < 1.29 is 28.5 Å². The number of unbranched alkanes of at least 4 members (excludes halogenated alkanes) is 1. The largest absolute Gasteiger partial charge is 0.488 e. The number of carbonyl (C=O) groups excluding carboxylic acids is 1. The molecule has 2 aromatic rings. The molecule has 0 unspecified atom stereocenters. The number of morpholine rings is 2. The highest BCUT2D eigenvalue weighted by molar-refractivity contribution is 6.27. The molecule has 6 bridgehead atoms. The summed E-state index contributed by atoms with van der Waals surface area (Å²) in [6, 6.07) is 6.28. The van der Waals surface area contributed by atoms with E-state index < -0.39 is 0 Å². The van der Waals surface area contributed by atoms with E-state index in [-0.39, 0.29) is 5.78 Å². The zero-order chi connectivity index (χ0) is 26.5. The first-order valence-electron chi connectivity index (χ1n) is 14.9. The molecule has 7 rings (SSSR count). The molecule has 8 nitrogen and oxygen atoms in total. The third kappa shape index (κ3) is 3.90. The Labute approximate surface area is 230 Å². The number of quaternary nitrogens is 2. The molecule has 0 atom stereocenters. The second-order valence-corrected chi connectivity index (χ2v) is 11.6. The van der Waals surface area contributed by atoms with E-state index in [0.717, 1.165) is 108 Å². The Kier molecular flexibility index (Phi) is 6.54. The molecule has 4 heterocycles. The lowest BCUT2D eigenvalue weighted by molar-refractivity contribution is 0.0334. The van der Waals surface area contributed by atoms with Gasteiger partial charge < -0.3 is 23.7 Å². The van der Waals surface area contributed by atoms with Crippen LogP contribution in [0, 0.1) is 0 Å². The molecule has 39 heavy (non-hydrogen) atoms. The Morgan fingerprint density at radius 3 is 2.15 bits per heavy atom. The van der Waals surface area contributed by atoms with Gasteiger partial charge in [0.15, 0.2) is 17.3 Å². The van der Waals surface area contributed by atoms with Gasteiger partial charge in [-0.25, -0.2) is 0 Å². The molecule has 1 aliphatic carbocycles. The lowest BCUT2D eigenvalue weighted by Crippen LogP contribution is -2.57. The fraction of sp³-hybridized carbons (Fsp3) is 0.581. The third-order valence-corrected chi connectivity index (χ3v) is 9.44. The van der Waals surface area contributed by atoms with Crippen molar-refractivity contribution in [2.45, 2.75) is 32.6 Å². The first-order valence-corrected chi connectivity index (χ1v) is 14.9. The highest BCUT2D eigenvalue weighted by Gasteiger charge is 2.50. The number of rotatable bonds is 4. The number of ether oxygens (including phenoxy) is 5. The number of fused-ring (bicyclic) bond motifs is 2. The lowest BCUT2D eigenvalue weighted by atomic mass is 9.96. The molecule has 8 heteroatoms. The molecule has 0 saturated carbocycles. The Morgan fingerprint density at radius 2 is 1.44 bits per heavy atom. The van der Waals surface area contributed by atoms with Crippen LogP contribution in [0.2, 0.25) is 0 Å². The van der Waals surface area contributed by atoms with E-state index in [2.05, 4.69) is 19.1 Å². The van der Waals surface area contributed by atoms with E-state index in [1.807, 2.05) is 6.07 Å². The smallest absolute Gasteiger partial charge is 0.227 e. The van der Waals surface area contributed by atoms with Crippen LogP contribution in [0.1, 0.15) is 48.5 Å². The highest BCUT2D eigenvalue weighted by Crippen LogP contribution is 2.61. The van der Waals surface area contributed by atoms with Gasteiger partial charge >= 0.3 is 0 Å². The van der Waals surface area contributed by atoms with Gasteiger partial charge in [0.1, 0.15) is 31.9 Å². The Hall–Kier alpha value is -2.65. The number of hydrogen-bond donors (Lipinski definition) is 0. The Morgan fingerprint density at radius 1 is 0.769 bits per heavy atom. The molecule has 5 aliphatic rings. The fourth-order valence-corrected chi connectivity index (χ4v) is 7.42. The van der Waals surface area contributed by atoms with Crippen LogP contribution in [0.25, 0.3) is 11.1 Å². The summed E-state index contributed by atoms with van der Waals surface area (Å²) in [5, 5.41) is 0. The van der Waals surface area contributed by atoms with E-state index in [9.17, 15) is 4.79 Å². The van der Waals surface area contributed by atoms with Crippen LogP contribution in [-0.2, 0) is 9.47 Å². The van der Waals surface area contributed by atoms with Crippen LogP contribution < -0.4 is 23.2 Å². The van der Waals surface area contributed by atoms with Gasteiger partial charge in [-0.2, -0.15) is 0 Å². The van der Waals surface area contributed by atoms with Crippen molar-refractivity contribution in [2.24, 2.45) is 0 Å². The summed E-state index contributed by atoms with van der Waals surface area (Å²) in [5.41, 5.74) is 5.62. The minimum atomic E-state index is 0.0228. The van der Waals surface area contributed by atoms with Gasteiger partial charge in [0, 0.05) is 18.4 Å². The first kappa shape index (κ1) is 25.3. The van der Waals surface area contributed by atoms with Gasteiger partial charge in [0.05, 0.1) is 76.0 Å². The molecule has 0 aromatic heterocycles. The van der Waals surface area contributed by atoms with E-state index in [0.29, 0.717) is 57.6 Å². The summed E-state index contributed by atoms with van der Waals surface area (Å²) in [6.45, 7) is 12.1. The van der Waals surface area contributed by atoms with Crippen molar-refractivity contribution in [2.75, 3.05) is 85.5 Å². The van der Waals surface area contributed by atoms with Gasteiger partial charge in [-0.05, 0) is 18.6 Å². The van der Waals surface area contributed by atoms with E-state index in [4.69, 9.17) is 23.7 Å². The molecular weight excluding hydrogens is 496 g/mol. The quantitative estimate of drug-likeness (QED) is 0.366. The van der Waals surface area contributed by atoms with Crippen molar-refractivity contribution in [3.8, 4) is 28.4 Å². The predicted molar refractivity (Wildman–Crippen MR) is 150 cm³/mol. The summed E-state index contributed by atoms with van der Waals surface area (Å²) in [7, 11) is 0. The molecule has 208 valence electrons. The maximum Gasteiger partial charge on any atom is 0.227 e. The second-order valence-electron chi connectivity index (χ2n) is 11.6. The minimum Gasteiger partial charge on any atom is -0.488 e. The summed E-state index contributed by atoms with van der Waals surface area (Å²) in [4.78, 5) is 14.3. The molecule has 2 aromatic carbocycles. The average molecular weight is 537 g/mol. The van der Waals surface area contributed by atoms with Gasteiger partial charge in [0.25, 0.3) is 0 Å². The number of hydrogen-bond acceptors (Lipinski definition) is 6. The minimum absolute atomic E-state index is 0.0228. The van der Waals surface area contributed by atoms with Crippen LogP contribution in [-0.4, -0.2) is 91.3 Å². The third-order valence-electron chi connectivity index (χ3n) is 9.44. The maximum absolute atomic E-state index is 14.3. The van der Waals surface area contributed by atoms with Gasteiger partial charge in [-0.3, -0.25) is 13.8 Å². The van der Waals surface area contributed by atoms with Gasteiger partial charge in [0.2, 0.25) is 11.4 Å². The molecule has 2 fully saturated rings. The Bertz CT molecular complexity index is 1280. The molecule has 0 radical (unpaired) electrons. The average Bonchev–Trinajstić information content (AvgIpc) is 3.25. The molecular formula is C31H40N2O6+2. The highest BCUT2D eigenvalue weighted by atomic mass is 16.5. The fourth-order valence-electron chi connectivity index (χ4n) is 7.42. The zero-order valence-electron chi connectivity index (χ0n) is 23.1. The predicted octanol–water partition coefficient (Wildman–Crippen LogP) is 4.32. The lowest BCUT2D eigenvalue weighted by Gasteiger charge is -2.43. The summed E-state index contributed by atoms with van der Waals surface area (Å²) in [5.74, 6) is 2.20. The first-order chi connectivity index (χ1) is 19.2. The number of benzene rings is 2. The van der Waals surface area contributed by atoms with E-state index in [1.165, 1.54) is 5.69 Å². The summed E-state index contributed by atoms with van der Waals surface area (Å²) < 4.78 is 33.4. The Balaban J connectivity index is 1.58. The second kappa shape index (κ2) is 10.1. The van der Waals surface area contributed by atoms with Crippen molar-refractivity contribution >= 4 is 17.2 Å². The van der Waals surface area contributed by atoms with Crippen LogP contribution in [0.5, 0.6) is 17.2 Å². The van der Waals surface area contributed by atoms with Gasteiger partial charge in [-0.1, -0.05) is 19.4 Å². The van der Waals surface area contributed by atoms with Crippen LogP contribution in [0.15, 0.2) is 18.2 Å². The van der Waals surface area contributed by atoms with Crippen molar-refractivity contribution in [1.29, 1.82) is 0 Å².